The summed E-state index contributed by atoms with van der Waals surface area (Å²) in [4.78, 5) is 5.02. The van der Waals surface area contributed by atoms with Crippen molar-refractivity contribution >= 4 is 44.9 Å². The van der Waals surface area contributed by atoms with Crippen molar-refractivity contribution in [2.24, 2.45) is 0 Å². The van der Waals surface area contributed by atoms with Gasteiger partial charge in [-0.05, 0) is 201 Å². The summed E-state index contributed by atoms with van der Waals surface area (Å²) in [6.07, 6.45) is 0. The minimum absolute atomic E-state index is 0.0357. The molecule has 0 aromatic heterocycles. The lowest BCUT2D eigenvalue weighted by atomic mass is 9.55. The van der Waals surface area contributed by atoms with E-state index in [2.05, 4.69) is 333 Å². The van der Waals surface area contributed by atoms with Gasteiger partial charge in [0, 0.05) is 39.3 Å². The summed E-state index contributed by atoms with van der Waals surface area (Å²) < 4.78 is 0. The fourth-order valence-corrected chi connectivity index (χ4v) is 16.6. The molecule has 2 nitrogen and oxygen atoms in total. The Morgan fingerprint density at radius 2 is 0.678 bits per heavy atom. The van der Waals surface area contributed by atoms with Gasteiger partial charge in [0.15, 0.2) is 0 Å². The highest BCUT2D eigenvalue weighted by molar-refractivity contribution is 6.15. The summed E-state index contributed by atoms with van der Waals surface area (Å²) in [5.41, 5.74) is 29.3. The lowest BCUT2D eigenvalue weighted by Gasteiger charge is -2.47. The average molecular weight is 1120 g/mol. The Morgan fingerprint density at radius 1 is 0.276 bits per heavy atom. The quantitative estimate of drug-likeness (QED) is 0.173. The van der Waals surface area contributed by atoms with E-state index in [0.29, 0.717) is 0 Å². The van der Waals surface area contributed by atoms with Crippen LogP contribution in [0.4, 0.5) is 34.1 Å². The summed E-state index contributed by atoms with van der Waals surface area (Å²) in [6.45, 7) is 21.2. The molecule has 0 spiro atoms. The minimum Gasteiger partial charge on any atom is -0.310 e. The Bertz CT molecular complexity index is 4830. The van der Waals surface area contributed by atoms with Crippen molar-refractivity contribution in [1.82, 2.24) is 0 Å². The monoisotopic (exact) mass is 1120 g/mol. The Kier molecular flexibility index (Phi) is 10.6. The number of nitrogens with zero attached hydrogens (tertiary/aromatic N) is 2. The topological polar surface area (TPSA) is 6.48 Å². The molecule has 3 unspecified atom stereocenters. The van der Waals surface area contributed by atoms with Crippen molar-refractivity contribution in [2.75, 3.05) is 9.80 Å². The summed E-state index contributed by atoms with van der Waals surface area (Å²) in [6, 6.07) is 102. The maximum absolute atomic E-state index is 2.58. The number of rotatable bonds is 4. The van der Waals surface area contributed by atoms with Crippen LogP contribution in [0.2, 0.25) is 0 Å². The third-order valence-corrected chi connectivity index (χ3v) is 21.3. The molecule has 0 amide bonds. The standard InChI is InChI=1S/C85H70N2/c1-80(2,3)53-26-34-57(35-27-53)84-59-38-30-55(31-39-59)82(7,8)61-18-16-23-64(50-61)86(62-19-12-10-13-20-62)65-42-44-67(74(84)51-65)69-46-47-70-68-45-43-66-52-75(68)85(72-49-48-71(84)77(69)78(70)72,58-36-28-54(29-37-58)81(4,5)6)60-40-32-56(33-41-60)83(9)73-24-17-25-76(79(73)83)87(66)63-21-14-11-15-22-63/h10-52H,1-9H3. The molecular formula is C85H70N2. The molecule has 3 atom stereocenters. The number of hydrogen-bond acceptors (Lipinski definition) is 2. The van der Waals surface area contributed by atoms with Gasteiger partial charge in [-0.1, -0.05) is 250 Å². The van der Waals surface area contributed by atoms with Gasteiger partial charge in [0.1, 0.15) is 0 Å². The number of benzene rings is 12. The Morgan fingerprint density at radius 3 is 1.17 bits per heavy atom. The molecule has 4 heterocycles. The average Bonchev–Trinajstić information content (AvgIpc) is 1.24. The summed E-state index contributed by atoms with van der Waals surface area (Å²) in [5.74, 6) is 0. The first-order valence-electron chi connectivity index (χ1n) is 31.3. The zero-order chi connectivity index (χ0) is 59.1. The van der Waals surface area contributed by atoms with Crippen LogP contribution in [0.15, 0.2) is 261 Å². The van der Waals surface area contributed by atoms with Crippen LogP contribution in [0.1, 0.15) is 146 Å². The van der Waals surface area contributed by atoms with Gasteiger partial charge in [0.25, 0.3) is 0 Å². The van der Waals surface area contributed by atoms with Gasteiger partial charge >= 0.3 is 0 Å². The molecule has 10 bridgehead atoms. The van der Waals surface area contributed by atoms with Crippen molar-refractivity contribution in [2.45, 2.75) is 94.8 Å². The van der Waals surface area contributed by atoms with Crippen LogP contribution >= 0.6 is 0 Å². The molecule has 3 aliphatic carbocycles. The smallest absolute Gasteiger partial charge is 0.0714 e. The van der Waals surface area contributed by atoms with Gasteiger partial charge in [0.05, 0.1) is 16.5 Å². The van der Waals surface area contributed by atoms with Gasteiger partial charge in [-0.3, -0.25) is 0 Å². The summed E-state index contributed by atoms with van der Waals surface area (Å²) in [7, 11) is 0. The van der Waals surface area contributed by atoms with Crippen LogP contribution in [0, 0.1) is 0 Å². The van der Waals surface area contributed by atoms with Crippen molar-refractivity contribution in [3.8, 4) is 22.3 Å². The van der Waals surface area contributed by atoms with Crippen LogP contribution in [0.25, 0.3) is 33.0 Å². The Hall–Kier alpha value is -9.50. The molecular weight excluding hydrogens is 1050 g/mol. The summed E-state index contributed by atoms with van der Waals surface area (Å²) in [5, 5.41) is 2.62. The molecule has 7 aliphatic rings. The largest absolute Gasteiger partial charge is 0.310 e. The van der Waals surface area contributed by atoms with Crippen molar-refractivity contribution in [3.05, 3.63) is 344 Å². The molecule has 0 saturated carbocycles. The van der Waals surface area contributed by atoms with Crippen molar-refractivity contribution < 1.29 is 0 Å². The molecule has 12 aromatic rings. The molecule has 87 heavy (non-hydrogen) atoms. The molecule has 2 heteroatoms. The minimum atomic E-state index is -0.773. The van der Waals surface area contributed by atoms with E-state index in [9.17, 15) is 0 Å². The number of fused-ring (bicyclic) bond motifs is 6. The molecule has 19 rings (SSSR count). The first-order chi connectivity index (χ1) is 42.0. The molecule has 0 radical (unpaired) electrons. The van der Waals surface area contributed by atoms with Gasteiger partial charge in [-0.2, -0.15) is 0 Å². The van der Waals surface area contributed by atoms with Gasteiger partial charge in [0.2, 0.25) is 0 Å². The SMILES string of the molecule is CC(C)(C)c1ccc(C23c4ccc(cc4)C(C)(C)c4cccc(c4)N(c4ccccc4)c4ccc(c2c4)-c2ccc4c5c(ccc3c25)C2(c3ccc(C(C)(C)C)cc3)c3ccc(cc3)C3(C)c5cccc(c53)N(c3ccccc3)c3ccc-4c2c3)cc1. The second kappa shape index (κ2) is 17.8. The van der Waals surface area contributed by atoms with E-state index in [1.807, 2.05) is 0 Å². The zero-order valence-corrected chi connectivity index (χ0v) is 51.2. The Labute approximate surface area is 513 Å². The summed E-state index contributed by atoms with van der Waals surface area (Å²) >= 11 is 0. The van der Waals surface area contributed by atoms with E-state index < -0.39 is 10.8 Å². The maximum atomic E-state index is 2.58. The predicted molar refractivity (Wildman–Crippen MR) is 363 cm³/mol. The van der Waals surface area contributed by atoms with Crippen LogP contribution < -0.4 is 9.80 Å². The normalized spacial score (nSPS) is 19.5. The molecule has 0 fully saturated rings. The molecule has 420 valence electrons. The molecule has 0 saturated heterocycles. The van der Waals surface area contributed by atoms with Crippen LogP contribution in [0.5, 0.6) is 0 Å². The predicted octanol–water partition coefficient (Wildman–Crippen LogP) is 21.7. The highest BCUT2D eigenvalue weighted by atomic mass is 15.2. The molecule has 0 N–H and O–H groups in total. The van der Waals surface area contributed by atoms with Crippen molar-refractivity contribution in [3.63, 3.8) is 0 Å². The fraction of sp³-hybridized carbons (Fsp3) is 0.176. The third-order valence-electron chi connectivity index (χ3n) is 21.3. The van der Waals surface area contributed by atoms with Crippen LogP contribution in [-0.2, 0) is 32.5 Å². The highest BCUT2D eigenvalue weighted by Gasteiger charge is 2.53. The second-order valence-electron chi connectivity index (χ2n) is 28.2. The van der Waals surface area contributed by atoms with Crippen molar-refractivity contribution in [1.29, 1.82) is 0 Å². The first-order valence-corrected chi connectivity index (χ1v) is 31.3. The zero-order valence-electron chi connectivity index (χ0n) is 51.2. The number of para-hydroxylation sites is 2. The molecule has 4 aliphatic heterocycles. The van der Waals surface area contributed by atoms with Gasteiger partial charge in [-0.25, -0.2) is 0 Å². The van der Waals surface area contributed by atoms with Crippen LogP contribution in [-0.4, -0.2) is 0 Å². The van der Waals surface area contributed by atoms with E-state index in [-0.39, 0.29) is 21.7 Å². The highest BCUT2D eigenvalue weighted by Crippen LogP contribution is 2.65. The lowest BCUT2D eigenvalue weighted by Crippen LogP contribution is -2.37. The molecule has 12 aromatic carbocycles. The van der Waals surface area contributed by atoms with E-state index >= 15 is 0 Å². The maximum Gasteiger partial charge on any atom is 0.0714 e. The van der Waals surface area contributed by atoms with E-state index in [4.69, 9.17) is 0 Å². The van der Waals surface area contributed by atoms with Crippen LogP contribution in [0.3, 0.4) is 0 Å². The number of hydrogen-bond donors (Lipinski definition) is 0. The first kappa shape index (κ1) is 51.9. The number of anilines is 6. The van der Waals surface area contributed by atoms with Gasteiger partial charge < -0.3 is 9.80 Å². The van der Waals surface area contributed by atoms with E-state index in [1.54, 1.807) is 0 Å². The third kappa shape index (κ3) is 6.99. The lowest BCUT2D eigenvalue weighted by molar-refractivity contribution is 0.589. The van der Waals surface area contributed by atoms with E-state index in [1.165, 1.54) is 122 Å². The fourth-order valence-electron chi connectivity index (χ4n) is 16.6. The second-order valence-corrected chi connectivity index (χ2v) is 28.2. The van der Waals surface area contributed by atoms with E-state index in [0.717, 1.165) is 28.4 Å². The van der Waals surface area contributed by atoms with Gasteiger partial charge in [-0.15, -0.1) is 0 Å². The Balaban J connectivity index is 1.03.